The number of allylic oxidation sites excluding steroid dienone is 4. The summed E-state index contributed by atoms with van der Waals surface area (Å²) in [6.45, 7) is 12.4. The first-order chi connectivity index (χ1) is 18.5. The number of Topliss-reactive ketones (excluding diaryl/α,β-unsaturated/α-hetero) is 1. The van der Waals surface area contributed by atoms with Crippen molar-refractivity contribution in [2.45, 2.75) is 27.7 Å². The van der Waals surface area contributed by atoms with Crippen molar-refractivity contribution in [1.29, 1.82) is 0 Å². The van der Waals surface area contributed by atoms with E-state index in [1.165, 1.54) is 11.4 Å². The molecule has 38 heavy (non-hydrogen) atoms. The molecule has 1 aromatic heterocycles. The molecule has 0 amide bonds. The Labute approximate surface area is 224 Å². The molecule has 0 atom stereocenters. The molecule has 2 N–H and O–H groups in total. The Balaban J connectivity index is 1.36. The number of aromatic nitrogens is 1. The molecule has 0 saturated heterocycles. The van der Waals surface area contributed by atoms with Crippen LogP contribution < -0.4 is 9.80 Å². The van der Waals surface area contributed by atoms with Gasteiger partial charge in [-0.25, -0.2) is 4.99 Å². The Kier molecular flexibility index (Phi) is 7.05. The van der Waals surface area contributed by atoms with Gasteiger partial charge in [0, 0.05) is 48.8 Å². The van der Waals surface area contributed by atoms with Gasteiger partial charge in [-0.3, -0.25) is 4.79 Å². The van der Waals surface area contributed by atoms with Crippen LogP contribution in [0.3, 0.4) is 0 Å². The van der Waals surface area contributed by atoms with Crippen LogP contribution in [0, 0.1) is 0 Å². The van der Waals surface area contributed by atoms with Crippen LogP contribution in [0.15, 0.2) is 94.8 Å². The first-order valence-corrected chi connectivity index (χ1v) is 13.4. The zero-order chi connectivity index (χ0) is 26.8. The Morgan fingerprint density at radius 3 is 1.74 bits per heavy atom. The van der Waals surface area contributed by atoms with Gasteiger partial charge in [-0.05, 0) is 81.8 Å². The summed E-state index contributed by atoms with van der Waals surface area (Å²) in [5.41, 5.74) is 7.71. The lowest BCUT2D eigenvalue weighted by Crippen LogP contribution is -2.22. The predicted octanol–water partition coefficient (Wildman–Crippen LogP) is 6.54. The predicted molar refractivity (Wildman–Crippen MR) is 157 cm³/mol. The van der Waals surface area contributed by atoms with E-state index in [0.717, 1.165) is 48.7 Å². The van der Waals surface area contributed by atoms with E-state index >= 15 is 0 Å². The Morgan fingerprint density at radius 1 is 0.684 bits per heavy atom. The molecule has 0 bridgehead atoms. The third-order valence-electron chi connectivity index (χ3n) is 7.38. The highest BCUT2D eigenvalue weighted by Gasteiger charge is 2.38. The lowest BCUT2D eigenvalue weighted by atomic mass is 9.85. The summed E-state index contributed by atoms with van der Waals surface area (Å²) in [7, 11) is 0. The number of nitrogens with zero attached hydrogens (tertiary/aromatic N) is 3. The van der Waals surface area contributed by atoms with Crippen molar-refractivity contribution in [2.24, 2.45) is 4.99 Å². The van der Waals surface area contributed by atoms with Crippen molar-refractivity contribution in [3.05, 3.63) is 101 Å². The van der Waals surface area contributed by atoms with E-state index in [1.807, 2.05) is 30.3 Å². The average molecular weight is 507 g/mol. The Morgan fingerprint density at radius 2 is 1.21 bits per heavy atom. The molecule has 1 aliphatic heterocycles. The van der Waals surface area contributed by atoms with Gasteiger partial charge in [-0.2, -0.15) is 0 Å². The number of H-pyrrole nitrogens is 1. The first kappa shape index (κ1) is 25.3. The fourth-order valence-electron chi connectivity index (χ4n) is 5.13. The number of anilines is 2. The average Bonchev–Trinajstić information content (AvgIpc) is 3.62. The number of aliphatic hydroxyl groups excluding tert-OH is 1. The van der Waals surface area contributed by atoms with Crippen LogP contribution in [0.1, 0.15) is 39.0 Å². The van der Waals surface area contributed by atoms with Crippen molar-refractivity contribution in [1.82, 2.24) is 4.98 Å². The fourth-order valence-corrected chi connectivity index (χ4v) is 5.13. The highest BCUT2D eigenvalue weighted by molar-refractivity contribution is 6.39. The normalized spacial score (nSPS) is 16.6. The number of aliphatic imine (C=N–C) groups is 1. The maximum absolute atomic E-state index is 13.1. The second-order valence-corrected chi connectivity index (χ2v) is 9.37. The second-order valence-electron chi connectivity index (χ2n) is 9.37. The van der Waals surface area contributed by atoms with Crippen molar-refractivity contribution >= 4 is 28.4 Å². The standard InChI is InChI=1S/C32H34N4O2/c1-5-35(6-2)23-13-9-21(10-14-23)25-17-19-27(33-25)29-31(37)30(32(29)38)28-20-18-26(34-28)22-11-15-24(16-12-22)36(7-3)8-4/h9-20,33,37H,5-8H2,1-4H3/b30-28+. The van der Waals surface area contributed by atoms with Crippen LogP contribution >= 0.6 is 0 Å². The Hall–Kier alpha value is -4.32. The molecule has 5 rings (SSSR count). The molecular formula is C32H34N4O2. The summed E-state index contributed by atoms with van der Waals surface area (Å²) in [6, 6.07) is 20.4. The second kappa shape index (κ2) is 10.6. The highest BCUT2D eigenvalue weighted by Crippen LogP contribution is 2.39. The van der Waals surface area contributed by atoms with Crippen molar-refractivity contribution in [2.75, 3.05) is 36.0 Å². The number of hydrogen-bond acceptors (Lipinski definition) is 5. The third kappa shape index (κ3) is 4.47. The van der Waals surface area contributed by atoms with E-state index in [9.17, 15) is 9.90 Å². The SMILES string of the molecule is CCN(CC)c1ccc(C2=N/C(=C3/C(=O)C(c4ccc(-c5ccc(N(CC)CC)cc5)[nH]4)=C3O)C=C2)cc1. The fraction of sp³-hybridized carbons (Fsp3) is 0.250. The maximum Gasteiger partial charge on any atom is 0.204 e. The Bertz CT molecular complexity index is 1460. The summed E-state index contributed by atoms with van der Waals surface area (Å²) >= 11 is 0. The topological polar surface area (TPSA) is 71.9 Å². The van der Waals surface area contributed by atoms with E-state index in [-0.39, 0.29) is 17.1 Å². The quantitative estimate of drug-likeness (QED) is 0.323. The van der Waals surface area contributed by atoms with Crippen LogP contribution in [0.25, 0.3) is 16.8 Å². The van der Waals surface area contributed by atoms with Gasteiger partial charge in [0.05, 0.1) is 28.2 Å². The smallest absolute Gasteiger partial charge is 0.204 e. The lowest BCUT2D eigenvalue weighted by Gasteiger charge is -2.21. The molecule has 2 aliphatic rings. The summed E-state index contributed by atoms with van der Waals surface area (Å²) in [6.07, 6.45) is 3.69. The molecule has 0 saturated carbocycles. The summed E-state index contributed by atoms with van der Waals surface area (Å²) in [4.78, 5) is 25.7. The number of benzene rings is 2. The summed E-state index contributed by atoms with van der Waals surface area (Å²) in [5.74, 6) is -0.212. The highest BCUT2D eigenvalue weighted by atomic mass is 16.3. The molecule has 0 unspecified atom stereocenters. The molecule has 6 nitrogen and oxygen atoms in total. The van der Waals surface area contributed by atoms with Crippen molar-refractivity contribution in [3.63, 3.8) is 0 Å². The number of nitrogens with one attached hydrogen (secondary N) is 1. The number of hydrogen-bond donors (Lipinski definition) is 2. The van der Waals surface area contributed by atoms with Gasteiger partial charge in [0.2, 0.25) is 5.78 Å². The zero-order valence-corrected chi connectivity index (χ0v) is 22.5. The van der Waals surface area contributed by atoms with Crippen molar-refractivity contribution < 1.29 is 9.90 Å². The van der Waals surface area contributed by atoms with Crippen LogP contribution in [-0.4, -0.2) is 47.8 Å². The molecular weight excluding hydrogens is 472 g/mol. The van der Waals surface area contributed by atoms with E-state index in [2.05, 4.69) is 83.9 Å². The van der Waals surface area contributed by atoms with Gasteiger partial charge in [0.1, 0.15) is 5.76 Å². The van der Waals surface area contributed by atoms with E-state index < -0.39 is 0 Å². The van der Waals surface area contributed by atoms with Crippen LogP contribution in [0.2, 0.25) is 0 Å². The minimum atomic E-state index is -0.200. The molecule has 0 radical (unpaired) electrons. The number of carbonyl (C=O) groups is 1. The molecule has 0 fully saturated rings. The van der Waals surface area contributed by atoms with Crippen LogP contribution in [0.4, 0.5) is 11.4 Å². The number of aliphatic hydroxyl groups is 1. The molecule has 194 valence electrons. The van der Waals surface area contributed by atoms with Gasteiger partial charge < -0.3 is 19.9 Å². The zero-order valence-electron chi connectivity index (χ0n) is 22.5. The van der Waals surface area contributed by atoms with Gasteiger partial charge >= 0.3 is 0 Å². The molecule has 0 spiro atoms. The van der Waals surface area contributed by atoms with Gasteiger partial charge in [0.15, 0.2) is 0 Å². The lowest BCUT2D eigenvalue weighted by molar-refractivity contribution is -0.111. The number of ketones is 1. The molecule has 1 aliphatic carbocycles. The van der Waals surface area contributed by atoms with Gasteiger partial charge in [0.25, 0.3) is 0 Å². The third-order valence-corrected chi connectivity index (χ3v) is 7.38. The minimum absolute atomic E-state index is 0.0122. The monoisotopic (exact) mass is 506 g/mol. The van der Waals surface area contributed by atoms with E-state index in [1.54, 1.807) is 6.08 Å². The van der Waals surface area contributed by atoms with E-state index in [0.29, 0.717) is 17.0 Å². The van der Waals surface area contributed by atoms with Gasteiger partial charge in [-0.15, -0.1) is 0 Å². The largest absolute Gasteiger partial charge is 0.506 e. The van der Waals surface area contributed by atoms with Gasteiger partial charge in [-0.1, -0.05) is 24.3 Å². The molecule has 2 aromatic carbocycles. The molecule has 2 heterocycles. The first-order valence-electron chi connectivity index (χ1n) is 13.4. The number of rotatable bonds is 9. The number of aromatic amines is 1. The summed E-state index contributed by atoms with van der Waals surface area (Å²) < 4.78 is 0. The maximum atomic E-state index is 13.1. The molecule has 3 aromatic rings. The minimum Gasteiger partial charge on any atom is -0.506 e. The van der Waals surface area contributed by atoms with Crippen LogP contribution in [0.5, 0.6) is 0 Å². The van der Waals surface area contributed by atoms with Crippen LogP contribution in [-0.2, 0) is 4.79 Å². The summed E-state index contributed by atoms with van der Waals surface area (Å²) in [5, 5.41) is 10.9. The molecule has 6 heteroatoms. The van der Waals surface area contributed by atoms with E-state index in [4.69, 9.17) is 0 Å². The number of carbonyl (C=O) groups excluding carboxylic acids is 1. The van der Waals surface area contributed by atoms with Crippen molar-refractivity contribution in [3.8, 4) is 11.3 Å².